The van der Waals surface area contributed by atoms with Crippen molar-refractivity contribution in [2.24, 2.45) is 0 Å². The summed E-state index contributed by atoms with van der Waals surface area (Å²) in [5.41, 5.74) is -1.16. The van der Waals surface area contributed by atoms with E-state index in [-0.39, 0.29) is 18.4 Å². The highest BCUT2D eigenvalue weighted by molar-refractivity contribution is 7.89. The molecule has 0 radical (unpaired) electrons. The minimum atomic E-state index is -4.70. The predicted molar refractivity (Wildman–Crippen MR) is 79.9 cm³/mol. The highest BCUT2D eigenvalue weighted by atomic mass is 35.5. The quantitative estimate of drug-likeness (QED) is 0.849. The first-order valence-electron chi connectivity index (χ1n) is 6.30. The van der Waals surface area contributed by atoms with Crippen molar-refractivity contribution in [3.8, 4) is 0 Å². The van der Waals surface area contributed by atoms with Gasteiger partial charge >= 0.3 is 6.18 Å². The standard InChI is InChI=1S/C12H14ClF3N2O2S.ClH/c13-11-2-1-9(7-10(11)12(14,15)16)21(19,20)18-8-3-5-17-6-4-8;/h1-2,7-8,17-18H,3-6H2;1H. The summed E-state index contributed by atoms with van der Waals surface area (Å²) < 4.78 is 65.0. The Morgan fingerprint density at radius 2 is 1.82 bits per heavy atom. The van der Waals surface area contributed by atoms with Crippen LogP contribution in [0.4, 0.5) is 13.2 Å². The summed E-state index contributed by atoms with van der Waals surface area (Å²) in [4.78, 5) is -0.433. The average Bonchev–Trinajstić information content (AvgIpc) is 2.38. The zero-order valence-corrected chi connectivity index (χ0v) is 13.7. The van der Waals surface area contributed by atoms with E-state index >= 15 is 0 Å². The Balaban J connectivity index is 0.00000242. The predicted octanol–water partition coefficient (Wildman–Crippen LogP) is 2.81. The molecule has 0 spiro atoms. The molecule has 22 heavy (non-hydrogen) atoms. The van der Waals surface area contributed by atoms with Gasteiger partial charge in [0, 0.05) is 6.04 Å². The highest BCUT2D eigenvalue weighted by Crippen LogP contribution is 2.35. The Morgan fingerprint density at radius 1 is 1.23 bits per heavy atom. The van der Waals surface area contributed by atoms with Crippen molar-refractivity contribution >= 4 is 34.0 Å². The summed E-state index contributed by atoms with van der Waals surface area (Å²) >= 11 is 5.48. The molecule has 1 aliphatic heterocycles. The first kappa shape index (κ1) is 19.5. The van der Waals surface area contributed by atoms with Crippen LogP contribution in [0.2, 0.25) is 5.02 Å². The van der Waals surface area contributed by atoms with E-state index in [4.69, 9.17) is 11.6 Å². The van der Waals surface area contributed by atoms with Crippen LogP contribution in [-0.2, 0) is 16.2 Å². The van der Waals surface area contributed by atoms with Crippen LogP contribution in [0.5, 0.6) is 0 Å². The Labute approximate surface area is 137 Å². The van der Waals surface area contributed by atoms with Crippen molar-refractivity contribution in [1.82, 2.24) is 10.0 Å². The zero-order chi connectivity index (χ0) is 15.7. The molecule has 0 unspecified atom stereocenters. The first-order valence-corrected chi connectivity index (χ1v) is 8.16. The molecule has 1 aliphatic rings. The van der Waals surface area contributed by atoms with E-state index in [2.05, 4.69) is 10.0 Å². The lowest BCUT2D eigenvalue weighted by Gasteiger charge is -2.23. The molecule has 1 heterocycles. The molecule has 0 aromatic heterocycles. The van der Waals surface area contributed by atoms with Crippen molar-refractivity contribution in [3.05, 3.63) is 28.8 Å². The van der Waals surface area contributed by atoms with Gasteiger partial charge in [-0.1, -0.05) is 11.6 Å². The van der Waals surface area contributed by atoms with E-state index in [0.29, 0.717) is 32.0 Å². The van der Waals surface area contributed by atoms with Crippen LogP contribution in [0.3, 0.4) is 0 Å². The van der Waals surface area contributed by atoms with Crippen LogP contribution in [0, 0.1) is 0 Å². The van der Waals surface area contributed by atoms with Gasteiger partial charge in [-0.05, 0) is 44.1 Å². The van der Waals surface area contributed by atoms with E-state index in [1.165, 1.54) is 0 Å². The van der Waals surface area contributed by atoms with Crippen LogP contribution in [0.25, 0.3) is 0 Å². The summed E-state index contributed by atoms with van der Waals surface area (Å²) in [6, 6.07) is 2.30. The number of alkyl halides is 3. The van der Waals surface area contributed by atoms with Gasteiger partial charge in [0.2, 0.25) is 10.0 Å². The molecule has 4 nitrogen and oxygen atoms in total. The molecule has 0 aliphatic carbocycles. The van der Waals surface area contributed by atoms with Gasteiger partial charge in [-0.3, -0.25) is 0 Å². The third kappa shape index (κ3) is 4.73. The smallest absolute Gasteiger partial charge is 0.317 e. The number of hydrogen-bond donors (Lipinski definition) is 2. The molecule has 1 saturated heterocycles. The van der Waals surface area contributed by atoms with Crippen molar-refractivity contribution < 1.29 is 21.6 Å². The molecule has 0 saturated carbocycles. The van der Waals surface area contributed by atoms with Gasteiger partial charge in [-0.2, -0.15) is 13.2 Å². The monoisotopic (exact) mass is 378 g/mol. The van der Waals surface area contributed by atoms with Crippen LogP contribution >= 0.6 is 24.0 Å². The minimum Gasteiger partial charge on any atom is -0.317 e. The number of rotatable bonds is 3. The molecule has 2 N–H and O–H groups in total. The number of piperidine rings is 1. The van der Waals surface area contributed by atoms with E-state index in [0.717, 1.165) is 12.1 Å². The van der Waals surface area contributed by atoms with Gasteiger partial charge in [0.1, 0.15) is 0 Å². The van der Waals surface area contributed by atoms with E-state index in [9.17, 15) is 21.6 Å². The molecule has 1 fully saturated rings. The molecule has 10 heteroatoms. The van der Waals surface area contributed by atoms with E-state index < -0.39 is 31.7 Å². The molecule has 126 valence electrons. The van der Waals surface area contributed by atoms with Crippen molar-refractivity contribution in [2.45, 2.75) is 30.0 Å². The maximum absolute atomic E-state index is 12.8. The fourth-order valence-corrected chi connectivity index (χ4v) is 3.67. The van der Waals surface area contributed by atoms with Gasteiger partial charge < -0.3 is 5.32 Å². The van der Waals surface area contributed by atoms with Crippen molar-refractivity contribution in [1.29, 1.82) is 0 Å². The van der Waals surface area contributed by atoms with Crippen molar-refractivity contribution in [2.75, 3.05) is 13.1 Å². The number of hydrogen-bond acceptors (Lipinski definition) is 3. The molecule has 2 rings (SSSR count). The van der Waals surface area contributed by atoms with Crippen molar-refractivity contribution in [3.63, 3.8) is 0 Å². The van der Waals surface area contributed by atoms with Gasteiger partial charge in [0.15, 0.2) is 0 Å². The number of benzene rings is 1. The maximum Gasteiger partial charge on any atom is 0.417 e. The summed E-state index contributed by atoms with van der Waals surface area (Å²) in [6.07, 6.45) is -3.50. The number of halogens is 5. The van der Waals surface area contributed by atoms with Gasteiger partial charge in [0.05, 0.1) is 15.5 Å². The molecule has 0 amide bonds. The summed E-state index contributed by atoms with van der Waals surface area (Å²) in [5.74, 6) is 0. The van der Waals surface area contributed by atoms with E-state index in [1.54, 1.807) is 0 Å². The largest absolute Gasteiger partial charge is 0.417 e. The Bertz CT molecular complexity index is 617. The third-order valence-corrected chi connectivity index (χ3v) is 5.06. The van der Waals surface area contributed by atoms with Gasteiger partial charge in [-0.25, -0.2) is 13.1 Å². The number of nitrogens with one attached hydrogen (secondary N) is 2. The van der Waals surface area contributed by atoms with Crippen LogP contribution in [-0.4, -0.2) is 27.5 Å². The Morgan fingerprint density at radius 3 is 2.36 bits per heavy atom. The number of sulfonamides is 1. The average molecular weight is 379 g/mol. The first-order chi connectivity index (χ1) is 9.70. The fraction of sp³-hybridized carbons (Fsp3) is 0.500. The molecule has 0 bridgehead atoms. The van der Waals surface area contributed by atoms with Gasteiger partial charge in [-0.15, -0.1) is 12.4 Å². The molecular formula is C12H15Cl2F3N2O2S. The lowest BCUT2D eigenvalue weighted by molar-refractivity contribution is -0.137. The van der Waals surface area contributed by atoms with E-state index in [1.807, 2.05) is 0 Å². The normalized spacial score (nSPS) is 17.1. The fourth-order valence-electron chi connectivity index (χ4n) is 2.12. The third-order valence-electron chi connectivity index (χ3n) is 3.21. The zero-order valence-electron chi connectivity index (χ0n) is 11.3. The molecular weight excluding hydrogens is 364 g/mol. The minimum absolute atomic E-state index is 0. The molecule has 1 aromatic rings. The SMILES string of the molecule is Cl.O=S(=O)(NC1CCNCC1)c1ccc(Cl)c(C(F)(F)F)c1. The Hall–Kier alpha value is -0.540. The van der Waals surface area contributed by atoms with Crippen LogP contribution < -0.4 is 10.0 Å². The lowest BCUT2D eigenvalue weighted by Crippen LogP contribution is -2.42. The second-order valence-corrected chi connectivity index (χ2v) is 6.91. The summed E-state index contributed by atoms with van der Waals surface area (Å²) in [6.45, 7) is 1.34. The summed E-state index contributed by atoms with van der Waals surface area (Å²) in [7, 11) is -4.00. The highest BCUT2D eigenvalue weighted by Gasteiger charge is 2.34. The van der Waals surface area contributed by atoms with Crippen LogP contribution in [0.1, 0.15) is 18.4 Å². The van der Waals surface area contributed by atoms with Crippen LogP contribution in [0.15, 0.2) is 23.1 Å². The van der Waals surface area contributed by atoms with Gasteiger partial charge in [0.25, 0.3) is 0 Å². The molecule has 0 atom stereocenters. The maximum atomic E-state index is 12.8. The second-order valence-electron chi connectivity index (χ2n) is 4.78. The topological polar surface area (TPSA) is 58.2 Å². The molecule has 1 aromatic carbocycles. The second kappa shape index (κ2) is 7.35. The lowest BCUT2D eigenvalue weighted by atomic mass is 10.1. The Kier molecular flexibility index (Phi) is 6.52. The summed E-state index contributed by atoms with van der Waals surface area (Å²) in [5, 5.41) is 2.55.